The van der Waals surface area contributed by atoms with Crippen molar-refractivity contribution < 1.29 is 0 Å². The van der Waals surface area contributed by atoms with Gasteiger partial charge in [-0.05, 0) is 80.6 Å². The van der Waals surface area contributed by atoms with E-state index in [2.05, 4.69) is 152 Å². The molecular formula is C28H18I2S2. The van der Waals surface area contributed by atoms with Crippen LogP contribution in [0.3, 0.4) is 0 Å². The minimum Gasteiger partial charge on any atom is -0.0538 e. The molecule has 0 aliphatic rings. The Bertz CT molecular complexity index is 1360. The number of hydrogen-bond acceptors (Lipinski definition) is 2. The predicted molar refractivity (Wildman–Crippen MR) is 160 cm³/mol. The molecule has 0 radical (unpaired) electrons. The molecule has 0 aliphatic heterocycles. The lowest BCUT2D eigenvalue weighted by molar-refractivity contribution is 1.47. The molecule has 5 aromatic rings. The molecule has 0 nitrogen and oxygen atoms in total. The van der Waals surface area contributed by atoms with E-state index >= 15 is 0 Å². The molecule has 5 rings (SSSR count). The van der Waals surface area contributed by atoms with E-state index in [-0.39, 0.29) is 0 Å². The first-order valence-corrected chi connectivity index (χ1v) is 16.9. The third-order valence-electron chi connectivity index (χ3n) is 5.61. The van der Waals surface area contributed by atoms with Gasteiger partial charge in [0.2, 0.25) is 0 Å². The van der Waals surface area contributed by atoms with E-state index in [1.807, 2.05) is 0 Å². The lowest BCUT2D eigenvalue weighted by Gasteiger charge is -2.09. The van der Waals surface area contributed by atoms with Crippen LogP contribution in [0.2, 0.25) is 0 Å². The summed E-state index contributed by atoms with van der Waals surface area (Å²) in [5.74, 6) is 0. The van der Waals surface area contributed by atoms with E-state index in [1.54, 1.807) is 17.9 Å². The molecule has 0 N–H and O–H groups in total. The van der Waals surface area contributed by atoms with Gasteiger partial charge < -0.3 is 0 Å². The van der Waals surface area contributed by atoms with Crippen molar-refractivity contribution in [1.29, 1.82) is 0 Å². The van der Waals surface area contributed by atoms with Crippen LogP contribution in [-0.2, 0) is 0 Å². The third kappa shape index (κ3) is 4.88. The first-order chi connectivity index (χ1) is 15.7. The third-order valence-corrected chi connectivity index (χ3v) is 9.56. The highest BCUT2D eigenvalue weighted by Gasteiger charge is 2.05. The molecule has 0 heterocycles. The summed E-state index contributed by atoms with van der Waals surface area (Å²) in [6.45, 7) is 0. The van der Waals surface area contributed by atoms with Crippen LogP contribution in [0.15, 0.2) is 119 Å². The molecule has 4 heteroatoms. The van der Waals surface area contributed by atoms with Gasteiger partial charge in [-0.3, -0.25) is 0 Å². The molecule has 0 unspecified atom stereocenters. The van der Waals surface area contributed by atoms with Crippen molar-refractivity contribution in [3.63, 3.8) is 0 Å². The Kier molecular flexibility index (Phi) is 7.11. The minimum absolute atomic E-state index is 1.24. The molecule has 0 aliphatic carbocycles. The van der Waals surface area contributed by atoms with Gasteiger partial charge in [-0.15, -0.1) is 0 Å². The standard InChI is InChI=1S/C28H18I2S2/c29-31-27-13-9-20(10-14-27)19-1-3-21(4-2-19)23-5-7-26-18-24(6-8-25(26)17-23)22-11-15-28(32-30)16-12-22/h1-18H. The molecule has 0 saturated heterocycles. The van der Waals surface area contributed by atoms with Gasteiger partial charge in [-0.25, -0.2) is 0 Å². The molecule has 0 spiro atoms. The van der Waals surface area contributed by atoms with Crippen LogP contribution in [-0.4, -0.2) is 0 Å². The summed E-state index contributed by atoms with van der Waals surface area (Å²) in [7, 11) is 3.49. The zero-order valence-electron chi connectivity index (χ0n) is 17.0. The first kappa shape index (κ1) is 22.3. The Morgan fingerprint density at radius 1 is 0.344 bits per heavy atom. The predicted octanol–water partition coefficient (Wildman–Crippen LogP) is 10.7. The van der Waals surface area contributed by atoms with Gasteiger partial charge in [0.05, 0.1) is 0 Å². The average molecular weight is 672 g/mol. The number of halogens is 2. The van der Waals surface area contributed by atoms with Crippen LogP contribution in [0.4, 0.5) is 0 Å². The molecule has 0 saturated carbocycles. The summed E-state index contributed by atoms with van der Waals surface area (Å²) in [4.78, 5) is 2.56. The van der Waals surface area contributed by atoms with Crippen molar-refractivity contribution in [2.45, 2.75) is 9.79 Å². The zero-order valence-corrected chi connectivity index (χ0v) is 22.9. The normalized spacial score (nSPS) is 11.1. The second-order valence-corrected chi connectivity index (χ2v) is 11.5. The van der Waals surface area contributed by atoms with E-state index in [1.165, 1.54) is 53.9 Å². The lowest BCUT2D eigenvalue weighted by Crippen LogP contribution is -1.83. The summed E-state index contributed by atoms with van der Waals surface area (Å²) in [6.07, 6.45) is 0. The Morgan fingerprint density at radius 2 is 0.625 bits per heavy atom. The Labute approximate surface area is 221 Å². The van der Waals surface area contributed by atoms with Crippen molar-refractivity contribution in [2.24, 2.45) is 0 Å². The van der Waals surface area contributed by atoms with Crippen LogP contribution in [0, 0.1) is 0 Å². The van der Waals surface area contributed by atoms with E-state index in [0.717, 1.165) is 0 Å². The average Bonchev–Trinajstić information content (AvgIpc) is 2.88. The molecule has 5 aromatic carbocycles. The van der Waals surface area contributed by atoms with Crippen molar-refractivity contribution in [1.82, 2.24) is 0 Å². The molecule has 32 heavy (non-hydrogen) atoms. The second kappa shape index (κ2) is 10.2. The van der Waals surface area contributed by atoms with Crippen LogP contribution in [0.5, 0.6) is 0 Å². The molecule has 0 atom stereocenters. The van der Waals surface area contributed by atoms with Crippen molar-refractivity contribution in [2.75, 3.05) is 0 Å². The molecule has 0 amide bonds. The van der Waals surface area contributed by atoms with Crippen molar-refractivity contribution in [3.05, 3.63) is 109 Å². The van der Waals surface area contributed by atoms with E-state index in [0.29, 0.717) is 0 Å². The Hall–Kier alpha value is -1.48. The van der Waals surface area contributed by atoms with Gasteiger partial charge in [0.25, 0.3) is 0 Å². The SMILES string of the molecule is ISc1ccc(-c2ccc(-c3ccc4cc(-c5ccc(SI)cc5)ccc4c3)cc2)cc1. The van der Waals surface area contributed by atoms with Crippen LogP contribution >= 0.6 is 60.3 Å². The highest BCUT2D eigenvalue weighted by atomic mass is 127. The second-order valence-electron chi connectivity index (χ2n) is 7.56. The maximum atomic E-state index is 2.32. The minimum atomic E-state index is 1.24. The maximum Gasteiger partial charge on any atom is 0.0179 e. The topological polar surface area (TPSA) is 0 Å². The van der Waals surface area contributed by atoms with Gasteiger partial charge in [-0.1, -0.05) is 90.7 Å². The van der Waals surface area contributed by atoms with Crippen LogP contribution in [0.25, 0.3) is 44.2 Å². The van der Waals surface area contributed by atoms with Crippen molar-refractivity contribution in [3.8, 4) is 33.4 Å². The fourth-order valence-electron chi connectivity index (χ4n) is 3.86. The van der Waals surface area contributed by atoms with E-state index < -0.39 is 0 Å². The van der Waals surface area contributed by atoms with Crippen molar-refractivity contribution >= 4 is 71.0 Å². The zero-order chi connectivity index (χ0) is 21.9. The fraction of sp³-hybridized carbons (Fsp3) is 0. The first-order valence-electron chi connectivity index (χ1n) is 10.2. The molecule has 0 bridgehead atoms. The summed E-state index contributed by atoms with van der Waals surface area (Å²) in [5, 5.41) is 2.53. The fourth-order valence-corrected chi connectivity index (χ4v) is 6.10. The molecular weight excluding hydrogens is 654 g/mol. The van der Waals surface area contributed by atoms with E-state index in [9.17, 15) is 0 Å². The van der Waals surface area contributed by atoms with Gasteiger partial charge in [0.15, 0.2) is 0 Å². The Balaban J connectivity index is 1.41. The molecule has 0 fully saturated rings. The van der Waals surface area contributed by atoms with Gasteiger partial charge >= 0.3 is 0 Å². The van der Waals surface area contributed by atoms with Crippen LogP contribution in [0.1, 0.15) is 0 Å². The number of benzene rings is 5. The quantitative estimate of drug-likeness (QED) is 0.171. The van der Waals surface area contributed by atoms with E-state index in [4.69, 9.17) is 0 Å². The van der Waals surface area contributed by atoms with Gasteiger partial charge in [0, 0.05) is 52.2 Å². The highest BCUT2D eigenvalue weighted by molar-refractivity contribution is 14.2. The summed E-state index contributed by atoms with van der Waals surface area (Å²) in [6, 6.07) is 39.9. The maximum absolute atomic E-state index is 2.32. The monoisotopic (exact) mass is 672 g/mol. The summed E-state index contributed by atoms with van der Waals surface area (Å²) < 4.78 is 0. The van der Waals surface area contributed by atoms with Gasteiger partial charge in [-0.2, -0.15) is 0 Å². The molecule has 0 aromatic heterocycles. The summed E-state index contributed by atoms with van der Waals surface area (Å²) in [5.41, 5.74) is 7.50. The lowest BCUT2D eigenvalue weighted by atomic mass is 9.96. The largest absolute Gasteiger partial charge is 0.0538 e. The van der Waals surface area contributed by atoms with Crippen LogP contribution < -0.4 is 0 Å². The van der Waals surface area contributed by atoms with Gasteiger partial charge in [0.1, 0.15) is 0 Å². The Morgan fingerprint density at radius 3 is 0.969 bits per heavy atom. The smallest absolute Gasteiger partial charge is 0.0179 e. The number of hydrogen-bond donors (Lipinski definition) is 0. The number of fused-ring (bicyclic) bond motifs is 1. The number of rotatable bonds is 5. The molecule has 156 valence electrons. The highest BCUT2D eigenvalue weighted by Crippen LogP contribution is 2.32. The summed E-state index contributed by atoms with van der Waals surface area (Å²) >= 11 is 4.64.